The van der Waals surface area contributed by atoms with Crippen LogP contribution in [0.25, 0.3) is 22.9 Å². The maximum absolute atomic E-state index is 12.8. The molecule has 0 fully saturated rings. The van der Waals surface area contributed by atoms with Crippen LogP contribution < -0.4 is 4.72 Å². The van der Waals surface area contributed by atoms with Crippen LogP contribution in [-0.2, 0) is 10.0 Å². The molecule has 0 atom stereocenters. The molecule has 0 aliphatic rings. The summed E-state index contributed by atoms with van der Waals surface area (Å²) in [6, 6.07) is 20.5. The number of nitrogens with zero attached hydrogens (tertiary/aromatic N) is 2. The topological polar surface area (TPSA) is 85.1 Å². The van der Waals surface area contributed by atoms with Gasteiger partial charge < -0.3 is 4.42 Å². The van der Waals surface area contributed by atoms with E-state index in [9.17, 15) is 8.42 Å². The molecule has 0 amide bonds. The van der Waals surface area contributed by atoms with Crippen LogP contribution in [0.1, 0.15) is 5.56 Å². The quantitative estimate of drug-likeness (QED) is 0.477. The van der Waals surface area contributed by atoms with Crippen LogP contribution in [0.5, 0.6) is 0 Å². The van der Waals surface area contributed by atoms with Crippen LogP contribution in [0.15, 0.2) is 82.1 Å². The lowest BCUT2D eigenvalue weighted by molar-refractivity contribution is 0.585. The molecule has 6 nitrogen and oxygen atoms in total. The molecule has 29 heavy (non-hydrogen) atoms. The Kier molecular flexibility index (Phi) is 5.08. The van der Waals surface area contributed by atoms with Gasteiger partial charge >= 0.3 is 0 Å². The van der Waals surface area contributed by atoms with Crippen LogP contribution >= 0.6 is 11.6 Å². The van der Waals surface area contributed by atoms with Crippen molar-refractivity contribution in [1.29, 1.82) is 0 Å². The Labute approximate surface area is 173 Å². The third-order valence-electron chi connectivity index (χ3n) is 4.25. The molecule has 0 saturated carbocycles. The molecule has 0 saturated heterocycles. The first kappa shape index (κ1) is 19.2. The minimum Gasteiger partial charge on any atom is -0.416 e. The number of hydrogen-bond acceptors (Lipinski definition) is 5. The molecule has 0 unspecified atom stereocenters. The van der Waals surface area contributed by atoms with E-state index >= 15 is 0 Å². The molecule has 0 bridgehead atoms. The van der Waals surface area contributed by atoms with E-state index in [0.29, 0.717) is 27.7 Å². The van der Waals surface area contributed by atoms with Gasteiger partial charge in [-0.2, -0.15) is 0 Å². The van der Waals surface area contributed by atoms with E-state index in [1.807, 2.05) is 6.92 Å². The standard InChI is InChI=1S/C21H16ClN3O3S/c1-14-6-12-17(13-7-14)29(26,27)25-19-5-3-2-4-18(19)21-24-23-20(28-21)15-8-10-16(22)11-9-15/h2-13,25H,1H3. The summed E-state index contributed by atoms with van der Waals surface area (Å²) < 4.78 is 33.9. The molecular formula is C21H16ClN3O3S. The van der Waals surface area contributed by atoms with Gasteiger partial charge in [0.05, 0.1) is 16.1 Å². The van der Waals surface area contributed by atoms with Crippen LogP contribution in [-0.4, -0.2) is 18.6 Å². The van der Waals surface area contributed by atoms with Gasteiger partial charge in [0.2, 0.25) is 11.8 Å². The number of nitrogens with one attached hydrogen (secondary N) is 1. The average molecular weight is 426 g/mol. The van der Waals surface area contributed by atoms with Gasteiger partial charge in [-0.3, -0.25) is 4.72 Å². The van der Waals surface area contributed by atoms with Gasteiger partial charge in [0, 0.05) is 10.6 Å². The Morgan fingerprint density at radius 2 is 1.52 bits per heavy atom. The van der Waals surface area contributed by atoms with Crippen LogP contribution in [0, 0.1) is 6.92 Å². The number of sulfonamides is 1. The highest BCUT2D eigenvalue weighted by Crippen LogP contribution is 2.31. The van der Waals surface area contributed by atoms with Gasteiger partial charge in [0.1, 0.15) is 0 Å². The van der Waals surface area contributed by atoms with Crippen molar-refractivity contribution >= 4 is 27.3 Å². The third kappa shape index (κ3) is 4.16. The second kappa shape index (κ2) is 7.69. The Hall–Kier alpha value is -3.16. The Balaban J connectivity index is 1.67. The summed E-state index contributed by atoms with van der Waals surface area (Å²) in [7, 11) is -3.77. The highest BCUT2D eigenvalue weighted by Gasteiger charge is 2.19. The molecule has 4 rings (SSSR count). The summed E-state index contributed by atoms with van der Waals surface area (Å²) in [4.78, 5) is 0.172. The largest absolute Gasteiger partial charge is 0.416 e. The molecule has 0 aliphatic carbocycles. The SMILES string of the molecule is Cc1ccc(S(=O)(=O)Nc2ccccc2-c2nnc(-c3ccc(Cl)cc3)o2)cc1. The number of para-hydroxylation sites is 1. The first-order valence-electron chi connectivity index (χ1n) is 8.71. The van der Waals surface area contributed by atoms with Gasteiger partial charge in [0.15, 0.2) is 0 Å². The van der Waals surface area contributed by atoms with E-state index in [2.05, 4.69) is 14.9 Å². The van der Waals surface area contributed by atoms with Crippen molar-refractivity contribution in [2.24, 2.45) is 0 Å². The van der Waals surface area contributed by atoms with E-state index in [-0.39, 0.29) is 10.8 Å². The zero-order valence-corrected chi connectivity index (χ0v) is 16.9. The number of benzene rings is 3. The monoisotopic (exact) mass is 425 g/mol. The van der Waals surface area contributed by atoms with Gasteiger partial charge in [-0.25, -0.2) is 8.42 Å². The molecule has 0 aliphatic heterocycles. The molecular weight excluding hydrogens is 410 g/mol. The Morgan fingerprint density at radius 1 is 0.862 bits per heavy atom. The maximum atomic E-state index is 12.8. The first-order chi connectivity index (χ1) is 13.9. The summed E-state index contributed by atoms with van der Waals surface area (Å²) in [6.45, 7) is 1.90. The lowest BCUT2D eigenvalue weighted by atomic mass is 10.2. The summed E-state index contributed by atoms with van der Waals surface area (Å²) >= 11 is 5.91. The van der Waals surface area contributed by atoms with E-state index in [0.717, 1.165) is 5.56 Å². The normalized spacial score (nSPS) is 11.4. The number of aromatic nitrogens is 2. The Bertz CT molecular complexity index is 1250. The van der Waals surface area contributed by atoms with Crippen molar-refractivity contribution in [3.05, 3.63) is 83.4 Å². The smallest absolute Gasteiger partial charge is 0.261 e. The predicted molar refractivity (Wildman–Crippen MR) is 112 cm³/mol. The van der Waals surface area contributed by atoms with Crippen molar-refractivity contribution in [3.63, 3.8) is 0 Å². The zero-order chi connectivity index (χ0) is 20.4. The van der Waals surface area contributed by atoms with Crippen LogP contribution in [0.3, 0.4) is 0 Å². The summed E-state index contributed by atoms with van der Waals surface area (Å²) in [5.41, 5.74) is 2.52. The van der Waals surface area contributed by atoms with Crippen molar-refractivity contribution in [1.82, 2.24) is 10.2 Å². The highest BCUT2D eigenvalue weighted by molar-refractivity contribution is 7.92. The number of aryl methyl sites for hydroxylation is 1. The fourth-order valence-corrected chi connectivity index (χ4v) is 3.93. The van der Waals surface area contributed by atoms with Crippen LogP contribution in [0.4, 0.5) is 5.69 Å². The van der Waals surface area contributed by atoms with Gasteiger partial charge in [-0.1, -0.05) is 41.4 Å². The van der Waals surface area contributed by atoms with E-state index in [1.54, 1.807) is 72.8 Å². The van der Waals surface area contributed by atoms with E-state index in [1.165, 1.54) is 0 Å². The van der Waals surface area contributed by atoms with Gasteiger partial charge in [0.25, 0.3) is 10.0 Å². The van der Waals surface area contributed by atoms with Crippen molar-refractivity contribution in [2.45, 2.75) is 11.8 Å². The van der Waals surface area contributed by atoms with E-state index < -0.39 is 10.0 Å². The molecule has 146 valence electrons. The maximum Gasteiger partial charge on any atom is 0.261 e. The Morgan fingerprint density at radius 3 is 2.24 bits per heavy atom. The molecule has 1 aromatic heterocycles. The number of hydrogen-bond donors (Lipinski definition) is 1. The zero-order valence-electron chi connectivity index (χ0n) is 15.3. The van der Waals surface area contributed by atoms with Crippen molar-refractivity contribution in [2.75, 3.05) is 4.72 Å². The minimum atomic E-state index is -3.77. The summed E-state index contributed by atoms with van der Waals surface area (Å²) in [6.07, 6.45) is 0. The highest BCUT2D eigenvalue weighted by atomic mass is 35.5. The van der Waals surface area contributed by atoms with Gasteiger partial charge in [-0.15, -0.1) is 10.2 Å². The van der Waals surface area contributed by atoms with Crippen molar-refractivity contribution in [3.8, 4) is 22.9 Å². The lowest BCUT2D eigenvalue weighted by Gasteiger charge is -2.11. The third-order valence-corrected chi connectivity index (χ3v) is 5.88. The first-order valence-corrected chi connectivity index (χ1v) is 10.6. The fraction of sp³-hybridized carbons (Fsp3) is 0.0476. The minimum absolute atomic E-state index is 0.172. The molecule has 1 heterocycles. The summed E-state index contributed by atoms with van der Waals surface area (Å²) in [5, 5.41) is 8.74. The van der Waals surface area contributed by atoms with Gasteiger partial charge in [-0.05, 0) is 55.5 Å². The average Bonchev–Trinajstić information content (AvgIpc) is 3.19. The lowest BCUT2D eigenvalue weighted by Crippen LogP contribution is -2.13. The molecule has 8 heteroatoms. The fourth-order valence-electron chi connectivity index (χ4n) is 2.72. The second-order valence-electron chi connectivity index (χ2n) is 6.38. The second-order valence-corrected chi connectivity index (χ2v) is 8.50. The number of anilines is 1. The molecule has 0 spiro atoms. The molecule has 0 radical (unpaired) electrons. The van der Waals surface area contributed by atoms with Crippen LogP contribution in [0.2, 0.25) is 5.02 Å². The predicted octanol–water partition coefficient (Wildman–Crippen LogP) is 5.17. The molecule has 4 aromatic rings. The number of halogens is 1. The van der Waals surface area contributed by atoms with E-state index in [4.69, 9.17) is 16.0 Å². The summed E-state index contributed by atoms with van der Waals surface area (Å²) in [5.74, 6) is 0.519. The number of rotatable bonds is 5. The molecule has 3 aromatic carbocycles. The van der Waals surface area contributed by atoms with Crippen molar-refractivity contribution < 1.29 is 12.8 Å². The molecule has 1 N–H and O–H groups in total.